The summed E-state index contributed by atoms with van der Waals surface area (Å²) in [5.74, 6) is 0.845. The van der Waals surface area contributed by atoms with E-state index in [0.29, 0.717) is 0 Å². The van der Waals surface area contributed by atoms with E-state index in [9.17, 15) is 0 Å². The summed E-state index contributed by atoms with van der Waals surface area (Å²) in [5.41, 5.74) is 18.3. The molecule has 0 saturated heterocycles. The van der Waals surface area contributed by atoms with Gasteiger partial charge in [0.2, 0.25) is 0 Å². The first kappa shape index (κ1) is 31.4. The fraction of sp³-hybridized carbons (Fsp3) is 0.154. The predicted octanol–water partition coefficient (Wildman–Crippen LogP) is 14.2. The monoisotopic (exact) mass is 696 g/mol. The average molecular weight is 697 g/mol. The molecular weight excluding hydrogens is 657 g/mol. The average Bonchev–Trinajstić information content (AvgIpc) is 3.76. The molecule has 9 aromatic rings. The molecule has 0 radical (unpaired) electrons. The molecule has 0 amide bonds. The van der Waals surface area contributed by atoms with Crippen molar-refractivity contribution >= 4 is 43.5 Å². The molecule has 54 heavy (non-hydrogen) atoms. The highest BCUT2D eigenvalue weighted by Gasteiger charge is 2.38. The smallest absolute Gasteiger partial charge is 0.136 e. The van der Waals surface area contributed by atoms with Gasteiger partial charge in [-0.05, 0) is 144 Å². The minimum atomic E-state index is -0.139. The van der Waals surface area contributed by atoms with Crippen LogP contribution in [0.4, 0.5) is 0 Å². The minimum Gasteiger partial charge on any atom is -0.497 e. The number of hydrogen-bond acceptors (Lipinski definition) is 2. The van der Waals surface area contributed by atoms with Crippen LogP contribution in [0.2, 0.25) is 0 Å². The summed E-state index contributed by atoms with van der Waals surface area (Å²) < 4.78 is 12.7. The van der Waals surface area contributed by atoms with Gasteiger partial charge in [0.25, 0.3) is 0 Å². The van der Waals surface area contributed by atoms with Crippen molar-refractivity contribution in [2.45, 2.75) is 45.4 Å². The maximum Gasteiger partial charge on any atom is 0.136 e. The van der Waals surface area contributed by atoms with E-state index in [1.807, 2.05) is 0 Å². The van der Waals surface area contributed by atoms with Gasteiger partial charge in [-0.2, -0.15) is 0 Å². The number of aryl methyl sites for hydroxylation is 1. The van der Waals surface area contributed by atoms with Crippen molar-refractivity contribution in [1.29, 1.82) is 0 Å². The van der Waals surface area contributed by atoms with E-state index in [4.69, 9.17) is 9.15 Å². The van der Waals surface area contributed by atoms with Crippen LogP contribution in [-0.4, -0.2) is 7.11 Å². The van der Waals surface area contributed by atoms with Crippen LogP contribution in [0.15, 0.2) is 138 Å². The molecule has 0 saturated carbocycles. The Bertz CT molecular complexity index is 3060. The van der Waals surface area contributed by atoms with E-state index in [2.05, 4.69) is 168 Å². The van der Waals surface area contributed by atoms with Crippen molar-refractivity contribution in [3.63, 3.8) is 0 Å². The molecule has 1 heterocycles. The van der Waals surface area contributed by atoms with Crippen molar-refractivity contribution in [2.75, 3.05) is 7.11 Å². The Kier molecular flexibility index (Phi) is 6.24. The number of ether oxygens (including phenoxy) is 1. The SMILES string of the molecule is COc1ccc(-c2cc3oc4cc(-c5ccc(C)cc5)c5cc6c(cc5c4c3c3cc4c(cc23)-c2ccccc2C4(C)C)C(C)(C)c2ccccc2-6)cc1. The lowest BCUT2D eigenvalue weighted by Crippen LogP contribution is -2.14. The summed E-state index contributed by atoms with van der Waals surface area (Å²) in [6.45, 7) is 11.6. The first-order valence-corrected chi connectivity index (χ1v) is 19.0. The molecule has 2 nitrogen and oxygen atoms in total. The Labute approximate surface area is 315 Å². The highest BCUT2D eigenvalue weighted by molar-refractivity contribution is 6.30. The Morgan fingerprint density at radius 3 is 1.33 bits per heavy atom. The van der Waals surface area contributed by atoms with E-state index in [-0.39, 0.29) is 10.8 Å². The summed E-state index contributed by atoms with van der Waals surface area (Å²) in [7, 11) is 1.72. The second kappa shape index (κ2) is 10.7. The Hall–Kier alpha value is -6.12. The Morgan fingerprint density at radius 1 is 0.426 bits per heavy atom. The van der Waals surface area contributed by atoms with Gasteiger partial charge in [0.15, 0.2) is 0 Å². The van der Waals surface area contributed by atoms with Crippen molar-refractivity contribution in [3.8, 4) is 50.3 Å². The lowest BCUT2D eigenvalue weighted by Gasteiger charge is -2.22. The molecule has 11 rings (SSSR count). The second-order valence-corrected chi connectivity index (χ2v) is 16.5. The Balaban J connectivity index is 1.32. The standard InChI is InChI=1S/C52H40O2/c1-29-15-17-30(18-16-29)35-27-47-49(41-25-45-39(23-37(35)41)33-11-7-9-13-43(33)51(45,2)3)50-42-26-46-40(34-12-8-10-14-44(34)52(46,4)5)24-38(42)36(28-48(50)54-47)31-19-21-32(53-6)22-20-31/h7-28H,1-6H3. The van der Waals surface area contributed by atoms with Crippen LogP contribution in [0.3, 0.4) is 0 Å². The van der Waals surface area contributed by atoms with E-state index in [0.717, 1.165) is 28.0 Å². The molecule has 0 N–H and O–H groups in total. The topological polar surface area (TPSA) is 22.4 Å². The van der Waals surface area contributed by atoms with Crippen LogP contribution < -0.4 is 4.74 Å². The van der Waals surface area contributed by atoms with E-state index >= 15 is 0 Å². The first-order valence-electron chi connectivity index (χ1n) is 19.0. The molecule has 0 aliphatic heterocycles. The second-order valence-electron chi connectivity index (χ2n) is 16.5. The van der Waals surface area contributed by atoms with Gasteiger partial charge in [-0.1, -0.05) is 118 Å². The fourth-order valence-corrected chi connectivity index (χ4v) is 9.96. The maximum atomic E-state index is 7.10. The van der Waals surface area contributed by atoms with Crippen LogP contribution in [0.5, 0.6) is 5.75 Å². The lowest BCUT2D eigenvalue weighted by molar-refractivity contribution is 0.415. The molecule has 0 fully saturated rings. The van der Waals surface area contributed by atoms with Crippen LogP contribution in [0.25, 0.3) is 88.0 Å². The molecule has 1 aromatic heterocycles. The van der Waals surface area contributed by atoms with Crippen LogP contribution in [-0.2, 0) is 10.8 Å². The zero-order valence-electron chi connectivity index (χ0n) is 31.5. The van der Waals surface area contributed by atoms with Crippen molar-refractivity contribution in [3.05, 3.63) is 161 Å². The van der Waals surface area contributed by atoms with Gasteiger partial charge in [-0.25, -0.2) is 0 Å². The molecule has 0 unspecified atom stereocenters. The largest absolute Gasteiger partial charge is 0.497 e. The van der Waals surface area contributed by atoms with Gasteiger partial charge in [-0.3, -0.25) is 0 Å². The molecule has 0 atom stereocenters. The fourth-order valence-electron chi connectivity index (χ4n) is 9.96. The van der Waals surface area contributed by atoms with Crippen LogP contribution in [0, 0.1) is 6.92 Å². The lowest BCUT2D eigenvalue weighted by atomic mass is 9.80. The summed E-state index contributed by atoms with van der Waals surface area (Å²) in [6, 6.07) is 49.7. The van der Waals surface area contributed by atoms with E-state index in [1.165, 1.54) is 93.5 Å². The number of fused-ring (bicyclic) bond motifs is 13. The van der Waals surface area contributed by atoms with Gasteiger partial charge in [0.05, 0.1) is 7.11 Å². The van der Waals surface area contributed by atoms with Crippen molar-refractivity contribution in [2.24, 2.45) is 0 Å². The van der Waals surface area contributed by atoms with Crippen LogP contribution in [0.1, 0.15) is 55.5 Å². The van der Waals surface area contributed by atoms with Crippen LogP contribution >= 0.6 is 0 Å². The summed E-state index contributed by atoms with van der Waals surface area (Å²) in [6.07, 6.45) is 0. The molecule has 8 aromatic carbocycles. The highest BCUT2D eigenvalue weighted by Crippen LogP contribution is 2.55. The number of hydrogen-bond donors (Lipinski definition) is 0. The number of benzene rings is 8. The number of rotatable bonds is 3. The molecule has 2 heteroatoms. The third-order valence-corrected chi connectivity index (χ3v) is 12.8. The maximum absolute atomic E-state index is 7.10. The third-order valence-electron chi connectivity index (χ3n) is 12.8. The van der Waals surface area contributed by atoms with Gasteiger partial charge in [0, 0.05) is 21.6 Å². The zero-order chi connectivity index (χ0) is 36.7. The zero-order valence-corrected chi connectivity index (χ0v) is 31.5. The Morgan fingerprint density at radius 2 is 0.870 bits per heavy atom. The van der Waals surface area contributed by atoms with Gasteiger partial charge in [0.1, 0.15) is 16.9 Å². The molecule has 2 aliphatic rings. The molecule has 2 aliphatic carbocycles. The molecule has 260 valence electrons. The molecule has 0 bridgehead atoms. The quantitative estimate of drug-likeness (QED) is 0.183. The van der Waals surface area contributed by atoms with Crippen molar-refractivity contribution in [1.82, 2.24) is 0 Å². The predicted molar refractivity (Wildman–Crippen MR) is 226 cm³/mol. The summed E-state index contributed by atoms with van der Waals surface area (Å²) in [5, 5.41) is 7.31. The van der Waals surface area contributed by atoms with Crippen molar-refractivity contribution < 1.29 is 9.15 Å². The normalized spacial score (nSPS) is 14.8. The van der Waals surface area contributed by atoms with Gasteiger partial charge < -0.3 is 9.15 Å². The van der Waals surface area contributed by atoms with E-state index < -0.39 is 0 Å². The van der Waals surface area contributed by atoms with E-state index in [1.54, 1.807) is 7.11 Å². The third kappa shape index (κ3) is 4.11. The summed E-state index contributed by atoms with van der Waals surface area (Å²) >= 11 is 0. The highest BCUT2D eigenvalue weighted by atomic mass is 16.5. The molecular formula is C52H40O2. The molecule has 0 spiro atoms. The first-order chi connectivity index (χ1) is 26.1. The number of methoxy groups -OCH3 is 1. The van der Waals surface area contributed by atoms with Gasteiger partial charge >= 0.3 is 0 Å². The number of furan rings is 1. The summed E-state index contributed by atoms with van der Waals surface area (Å²) in [4.78, 5) is 0. The van der Waals surface area contributed by atoms with Gasteiger partial charge in [-0.15, -0.1) is 0 Å². The minimum absolute atomic E-state index is 0.133.